The van der Waals surface area contributed by atoms with Gasteiger partial charge in [-0.2, -0.15) is 0 Å². The summed E-state index contributed by atoms with van der Waals surface area (Å²) in [6.07, 6.45) is 1.84. The fourth-order valence-corrected chi connectivity index (χ4v) is 6.05. The molecule has 0 aliphatic rings. The number of carbonyl (C=O) groups is 2. The van der Waals surface area contributed by atoms with Crippen LogP contribution in [-0.4, -0.2) is 49.5 Å². The van der Waals surface area contributed by atoms with Crippen LogP contribution in [0.3, 0.4) is 0 Å². The average Bonchev–Trinajstić information content (AvgIpc) is 3.06. The summed E-state index contributed by atoms with van der Waals surface area (Å²) in [6, 6.07) is 24.8. The fraction of sp³-hybridized carbons (Fsp3) is 0.286. The number of aliphatic hydroxyl groups excluding tert-OH is 1. The zero-order valence-corrected chi connectivity index (χ0v) is 27.4. The van der Waals surface area contributed by atoms with Crippen molar-refractivity contribution >= 4 is 27.7 Å². The van der Waals surface area contributed by atoms with Crippen LogP contribution in [0.1, 0.15) is 58.1 Å². The van der Waals surface area contributed by atoms with Gasteiger partial charge in [0.2, 0.25) is 15.9 Å². The molecule has 2 unspecified atom stereocenters. The number of rotatable bonds is 16. The number of aromatic nitrogens is 1. The van der Waals surface area contributed by atoms with Gasteiger partial charge in [-0.25, -0.2) is 18.1 Å². The third kappa shape index (κ3) is 11.0. The molecule has 47 heavy (non-hydrogen) atoms. The third-order valence-corrected chi connectivity index (χ3v) is 9.00. The highest BCUT2D eigenvalue weighted by Crippen LogP contribution is 2.14. The Balaban J connectivity index is 1.20. The molecule has 2 amide bonds. The number of anilines is 1. The maximum atomic E-state index is 12.7. The molecule has 248 valence electrons. The number of amides is 2. The highest BCUT2D eigenvalue weighted by atomic mass is 32.2. The Hall–Kier alpha value is -4.62. The molecule has 0 radical (unpaired) electrons. The summed E-state index contributed by atoms with van der Waals surface area (Å²) in [7, 11) is -3.58. The predicted octanol–water partition coefficient (Wildman–Crippen LogP) is 3.01. The molecule has 0 saturated carbocycles. The molecule has 0 saturated heterocycles. The van der Waals surface area contributed by atoms with Crippen molar-refractivity contribution in [3.63, 3.8) is 0 Å². The first-order valence-electron chi connectivity index (χ1n) is 15.5. The monoisotopic (exact) mass is 658 g/mol. The molecule has 12 heteroatoms. The highest BCUT2D eigenvalue weighted by molar-refractivity contribution is 7.89. The van der Waals surface area contributed by atoms with Gasteiger partial charge < -0.3 is 26.8 Å². The van der Waals surface area contributed by atoms with Crippen LogP contribution >= 0.6 is 0 Å². The molecular formula is C35H42N6O5S. The molecule has 1 heterocycles. The summed E-state index contributed by atoms with van der Waals surface area (Å²) in [5, 5.41) is 19.5. The molecule has 2 atom stereocenters. The summed E-state index contributed by atoms with van der Waals surface area (Å²) in [5.74, 6) is 0.000238. The van der Waals surface area contributed by atoms with Gasteiger partial charge in [0.25, 0.3) is 5.91 Å². The van der Waals surface area contributed by atoms with E-state index in [2.05, 4.69) is 25.7 Å². The van der Waals surface area contributed by atoms with E-state index < -0.39 is 16.1 Å². The normalized spacial score (nSPS) is 12.7. The van der Waals surface area contributed by atoms with Crippen LogP contribution in [-0.2, 0) is 40.7 Å². The minimum Gasteiger partial charge on any atom is -0.387 e. The molecule has 3 aromatic carbocycles. The van der Waals surface area contributed by atoms with E-state index >= 15 is 0 Å². The second kappa shape index (κ2) is 16.8. The molecule has 7 N–H and O–H groups in total. The van der Waals surface area contributed by atoms with Crippen LogP contribution in [0, 0.1) is 0 Å². The van der Waals surface area contributed by atoms with Crippen molar-refractivity contribution in [3.8, 4) is 0 Å². The van der Waals surface area contributed by atoms with E-state index in [0.717, 1.165) is 23.1 Å². The van der Waals surface area contributed by atoms with Crippen LogP contribution in [0.4, 0.5) is 5.82 Å². The quantitative estimate of drug-likeness (QED) is 0.107. The van der Waals surface area contributed by atoms with Crippen LogP contribution in [0.5, 0.6) is 0 Å². The van der Waals surface area contributed by atoms with Crippen molar-refractivity contribution in [2.45, 2.75) is 56.8 Å². The van der Waals surface area contributed by atoms with E-state index in [1.54, 1.807) is 61.7 Å². The van der Waals surface area contributed by atoms with Crippen molar-refractivity contribution in [1.82, 2.24) is 25.7 Å². The summed E-state index contributed by atoms with van der Waals surface area (Å²) >= 11 is 0. The number of benzene rings is 3. The zero-order chi connectivity index (χ0) is 33.8. The first kappa shape index (κ1) is 35.2. The van der Waals surface area contributed by atoms with Crippen LogP contribution in [0.2, 0.25) is 0 Å². The van der Waals surface area contributed by atoms with Crippen molar-refractivity contribution in [1.29, 1.82) is 0 Å². The molecule has 0 spiro atoms. The summed E-state index contributed by atoms with van der Waals surface area (Å²) in [4.78, 5) is 29.5. The Bertz CT molecular complexity index is 1750. The third-order valence-electron chi connectivity index (χ3n) is 7.45. The van der Waals surface area contributed by atoms with Gasteiger partial charge >= 0.3 is 0 Å². The minimum absolute atomic E-state index is 0.0960. The molecular weight excluding hydrogens is 616 g/mol. The number of nitrogens with one attached hydrogen (secondary N) is 4. The van der Waals surface area contributed by atoms with Crippen LogP contribution in [0.25, 0.3) is 0 Å². The second-order valence-corrected chi connectivity index (χ2v) is 13.1. The van der Waals surface area contributed by atoms with Gasteiger partial charge in [-0.1, -0.05) is 61.5 Å². The van der Waals surface area contributed by atoms with Crippen molar-refractivity contribution < 1.29 is 23.1 Å². The number of pyridine rings is 1. The highest BCUT2D eigenvalue weighted by Gasteiger charge is 2.14. The Morgan fingerprint density at radius 1 is 0.872 bits per heavy atom. The van der Waals surface area contributed by atoms with Gasteiger partial charge in [-0.15, -0.1) is 0 Å². The Morgan fingerprint density at radius 2 is 1.57 bits per heavy atom. The number of hydrogen-bond donors (Lipinski definition) is 6. The number of nitrogens with two attached hydrogens (primary N) is 1. The average molecular weight is 659 g/mol. The van der Waals surface area contributed by atoms with E-state index in [-0.39, 0.29) is 42.3 Å². The van der Waals surface area contributed by atoms with Gasteiger partial charge in [0, 0.05) is 49.5 Å². The first-order chi connectivity index (χ1) is 22.5. The minimum atomic E-state index is -3.58. The summed E-state index contributed by atoms with van der Waals surface area (Å²) in [6.45, 7) is 4.91. The summed E-state index contributed by atoms with van der Waals surface area (Å²) in [5.41, 5.74) is 10.3. The molecule has 0 bridgehead atoms. The number of hydrogen-bond acceptors (Lipinski definition) is 8. The number of sulfonamides is 1. The lowest BCUT2D eigenvalue weighted by atomic mass is 10.0. The zero-order valence-electron chi connectivity index (χ0n) is 26.6. The van der Waals surface area contributed by atoms with Gasteiger partial charge in [0.1, 0.15) is 5.82 Å². The molecule has 1 aromatic heterocycles. The number of aliphatic hydroxyl groups is 1. The molecule has 0 fully saturated rings. The van der Waals surface area contributed by atoms with Crippen molar-refractivity contribution in [2.24, 2.45) is 0 Å². The molecule has 11 nitrogen and oxygen atoms in total. The fourth-order valence-electron chi connectivity index (χ4n) is 4.94. The lowest BCUT2D eigenvalue weighted by molar-refractivity contribution is -0.120. The smallest absolute Gasteiger partial charge is 0.251 e. The molecule has 0 aliphatic heterocycles. The standard InChI is InChI=1S/C35H42N6O5S/c1-3-41-47(45,46)31-9-5-8-28(18-31)21-40-35(44)29-12-10-25(11-13-29)20-39-34(43)19-27-7-4-6-26(17-27)16-24(2)37-23-32(42)30-14-15-33(36)38-22-30/h4-15,17-18,22,24,32,37,41-42H,3,16,19-21,23H2,1-2H3,(H2,36,38)(H,39,43)(H,40,44). The maximum absolute atomic E-state index is 12.7. The molecule has 4 rings (SSSR count). The number of carbonyl (C=O) groups excluding carboxylic acids is 2. The Morgan fingerprint density at radius 3 is 2.30 bits per heavy atom. The van der Waals surface area contributed by atoms with Crippen molar-refractivity contribution in [2.75, 3.05) is 18.8 Å². The SMILES string of the molecule is CCNS(=O)(=O)c1cccc(CNC(=O)c2ccc(CNC(=O)Cc3cccc(CC(C)NCC(O)c4ccc(N)nc4)c3)cc2)c1. The number of nitrogen functional groups attached to an aromatic ring is 1. The summed E-state index contributed by atoms with van der Waals surface area (Å²) < 4.78 is 27.0. The predicted molar refractivity (Wildman–Crippen MR) is 182 cm³/mol. The maximum Gasteiger partial charge on any atom is 0.251 e. The lowest BCUT2D eigenvalue weighted by Gasteiger charge is -2.18. The van der Waals surface area contributed by atoms with Gasteiger partial charge in [-0.3, -0.25) is 9.59 Å². The molecule has 0 aliphatic carbocycles. The first-order valence-corrected chi connectivity index (χ1v) is 16.9. The van der Waals surface area contributed by atoms with Crippen LogP contribution in [0.15, 0.2) is 96.0 Å². The number of nitrogens with zero attached hydrogens (tertiary/aromatic N) is 1. The Labute approximate surface area is 276 Å². The largest absolute Gasteiger partial charge is 0.387 e. The van der Waals surface area contributed by atoms with Gasteiger partial charge in [0.05, 0.1) is 17.4 Å². The molecule has 4 aromatic rings. The van der Waals surface area contributed by atoms with E-state index in [4.69, 9.17) is 5.73 Å². The Kier molecular flexibility index (Phi) is 12.6. The van der Waals surface area contributed by atoms with E-state index in [0.29, 0.717) is 35.6 Å². The van der Waals surface area contributed by atoms with E-state index in [1.165, 1.54) is 12.1 Å². The topological polar surface area (TPSA) is 176 Å². The van der Waals surface area contributed by atoms with Gasteiger partial charge in [-0.05, 0) is 65.9 Å². The van der Waals surface area contributed by atoms with E-state index in [9.17, 15) is 23.1 Å². The van der Waals surface area contributed by atoms with Gasteiger partial charge in [0.15, 0.2) is 0 Å². The second-order valence-electron chi connectivity index (χ2n) is 11.3. The van der Waals surface area contributed by atoms with Crippen molar-refractivity contribution in [3.05, 3.63) is 125 Å². The van der Waals surface area contributed by atoms with Crippen LogP contribution < -0.4 is 26.4 Å². The lowest BCUT2D eigenvalue weighted by Crippen LogP contribution is -2.32. The van der Waals surface area contributed by atoms with E-state index in [1.807, 2.05) is 31.2 Å².